The molecule has 9 heteroatoms. The van der Waals surface area contributed by atoms with E-state index in [4.69, 9.17) is 5.11 Å². The summed E-state index contributed by atoms with van der Waals surface area (Å²) in [5.74, 6) is -1.47. The van der Waals surface area contributed by atoms with Gasteiger partial charge in [0.25, 0.3) is 5.91 Å². The number of hydrogen-bond acceptors (Lipinski definition) is 5. The van der Waals surface area contributed by atoms with Gasteiger partial charge in [0.05, 0.1) is 10.5 Å². The van der Waals surface area contributed by atoms with Crippen LogP contribution in [0.25, 0.3) is 0 Å². The summed E-state index contributed by atoms with van der Waals surface area (Å²) in [5, 5.41) is 11.6. The molecule has 8 nitrogen and oxygen atoms in total. The standard InChI is InChI=1S/C18H21N3O5S/c1-12(2)10-21-27(25,26)15-5-3-13(4-6-15)11-20-17(22)16-9-14(18(23)24)7-8-19-16/h3-9,12,21H,10-11H2,1-2H3,(H,20,22)(H,23,24). The predicted octanol–water partition coefficient (Wildman–Crippen LogP) is 1.64. The van der Waals surface area contributed by atoms with Crippen LogP contribution >= 0.6 is 0 Å². The molecule has 0 unspecified atom stereocenters. The highest BCUT2D eigenvalue weighted by Crippen LogP contribution is 2.11. The van der Waals surface area contributed by atoms with E-state index in [9.17, 15) is 18.0 Å². The lowest BCUT2D eigenvalue weighted by Gasteiger charge is -2.10. The summed E-state index contributed by atoms with van der Waals surface area (Å²) in [6.07, 6.45) is 1.25. The Balaban J connectivity index is 2.00. The number of aromatic carboxylic acids is 1. The maximum Gasteiger partial charge on any atom is 0.335 e. The number of carbonyl (C=O) groups excluding carboxylic acids is 1. The highest BCUT2D eigenvalue weighted by atomic mass is 32.2. The fraction of sp³-hybridized carbons (Fsp3) is 0.278. The van der Waals surface area contributed by atoms with Crippen molar-refractivity contribution in [3.05, 3.63) is 59.4 Å². The molecule has 0 saturated heterocycles. The molecule has 3 N–H and O–H groups in total. The molecule has 2 aromatic rings. The van der Waals surface area contributed by atoms with Crippen LogP contribution in [0.1, 0.15) is 40.3 Å². The second-order valence-corrected chi connectivity index (χ2v) is 8.07. The van der Waals surface area contributed by atoms with Crippen LogP contribution in [0.3, 0.4) is 0 Å². The van der Waals surface area contributed by atoms with Crippen molar-refractivity contribution >= 4 is 21.9 Å². The molecule has 0 saturated carbocycles. The lowest BCUT2D eigenvalue weighted by Crippen LogP contribution is -2.27. The number of nitrogens with zero attached hydrogens (tertiary/aromatic N) is 1. The van der Waals surface area contributed by atoms with Crippen LogP contribution in [0.5, 0.6) is 0 Å². The van der Waals surface area contributed by atoms with Crippen LogP contribution in [0.4, 0.5) is 0 Å². The van der Waals surface area contributed by atoms with E-state index < -0.39 is 21.9 Å². The maximum absolute atomic E-state index is 12.1. The average Bonchev–Trinajstić information content (AvgIpc) is 2.65. The number of pyridine rings is 1. The van der Waals surface area contributed by atoms with Gasteiger partial charge >= 0.3 is 5.97 Å². The van der Waals surface area contributed by atoms with E-state index >= 15 is 0 Å². The SMILES string of the molecule is CC(C)CNS(=O)(=O)c1ccc(CNC(=O)c2cc(C(=O)O)ccn2)cc1. The van der Waals surface area contributed by atoms with Gasteiger partial charge in [0, 0.05) is 19.3 Å². The van der Waals surface area contributed by atoms with Gasteiger partial charge in [-0.15, -0.1) is 0 Å². The third kappa shape index (κ3) is 5.87. The van der Waals surface area contributed by atoms with Crippen molar-refractivity contribution in [3.8, 4) is 0 Å². The fourth-order valence-corrected chi connectivity index (χ4v) is 3.32. The van der Waals surface area contributed by atoms with Gasteiger partial charge in [-0.05, 0) is 35.7 Å². The summed E-state index contributed by atoms with van der Waals surface area (Å²) in [4.78, 5) is 27.0. The molecule has 0 aliphatic rings. The van der Waals surface area contributed by atoms with E-state index in [1.165, 1.54) is 30.5 Å². The Kier molecular flexibility index (Phi) is 6.65. The quantitative estimate of drug-likeness (QED) is 0.628. The van der Waals surface area contributed by atoms with Gasteiger partial charge in [0.1, 0.15) is 5.69 Å². The molecule has 0 radical (unpaired) electrons. The summed E-state index contributed by atoms with van der Waals surface area (Å²) in [6.45, 7) is 4.32. The van der Waals surface area contributed by atoms with Gasteiger partial charge in [0.15, 0.2) is 0 Å². The summed E-state index contributed by atoms with van der Waals surface area (Å²) in [5.41, 5.74) is 0.658. The molecule has 0 aliphatic carbocycles. The number of carboxylic acid groups (broad SMARTS) is 1. The average molecular weight is 391 g/mol. The first-order valence-electron chi connectivity index (χ1n) is 8.25. The second-order valence-electron chi connectivity index (χ2n) is 6.31. The molecule has 0 bridgehead atoms. The molecule has 1 aromatic carbocycles. The number of aromatic nitrogens is 1. The number of benzene rings is 1. The van der Waals surface area contributed by atoms with Gasteiger partial charge in [-0.3, -0.25) is 9.78 Å². The first-order chi connectivity index (χ1) is 12.7. The van der Waals surface area contributed by atoms with Crippen molar-refractivity contribution in [3.63, 3.8) is 0 Å². The third-order valence-corrected chi connectivity index (χ3v) is 5.05. The minimum Gasteiger partial charge on any atom is -0.478 e. The van der Waals surface area contributed by atoms with Crippen LogP contribution in [0.2, 0.25) is 0 Å². The lowest BCUT2D eigenvalue weighted by molar-refractivity contribution is 0.0696. The van der Waals surface area contributed by atoms with Crippen LogP contribution in [0.15, 0.2) is 47.5 Å². The van der Waals surface area contributed by atoms with Crippen molar-refractivity contribution in [2.24, 2.45) is 5.92 Å². The highest BCUT2D eigenvalue weighted by molar-refractivity contribution is 7.89. The number of carboxylic acids is 1. The molecular formula is C18H21N3O5S. The Labute approximate surface area is 157 Å². The molecule has 27 heavy (non-hydrogen) atoms. The number of amides is 1. The topological polar surface area (TPSA) is 125 Å². The Morgan fingerprint density at radius 1 is 1.15 bits per heavy atom. The minimum absolute atomic E-state index is 0.00742. The summed E-state index contributed by atoms with van der Waals surface area (Å²) in [6, 6.07) is 8.62. The Bertz CT molecular complexity index is 924. The third-order valence-electron chi connectivity index (χ3n) is 3.61. The van der Waals surface area contributed by atoms with Crippen LogP contribution in [-0.4, -0.2) is 36.9 Å². The molecule has 0 atom stereocenters. The zero-order chi connectivity index (χ0) is 20.0. The molecule has 1 heterocycles. The molecule has 0 spiro atoms. The van der Waals surface area contributed by atoms with Gasteiger partial charge < -0.3 is 10.4 Å². The fourth-order valence-electron chi connectivity index (χ4n) is 2.11. The Morgan fingerprint density at radius 3 is 2.41 bits per heavy atom. The lowest BCUT2D eigenvalue weighted by atomic mass is 10.2. The van der Waals surface area contributed by atoms with Crippen molar-refractivity contribution in [1.82, 2.24) is 15.0 Å². The second kappa shape index (κ2) is 8.74. The van der Waals surface area contributed by atoms with Gasteiger partial charge in [0.2, 0.25) is 10.0 Å². The number of hydrogen-bond donors (Lipinski definition) is 3. The monoisotopic (exact) mass is 391 g/mol. The van der Waals surface area contributed by atoms with E-state index in [1.807, 2.05) is 13.8 Å². The van der Waals surface area contributed by atoms with E-state index in [-0.39, 0.29) is 28.6 Å². The normalized spacial score (nSPS) is 11.4. The van der Waals surface area contributed by atoms with Gasteiger partial charge in [-0.25, -0.2) is 17.9 Å². The molecule has 0 aliphatic heterocycles. The highest BCUT2D eigenvalue weighted by Gasteiger charge is 2.14. The van der Waals surface area contributed by atoms with Gasteiger partial charge in [-0.1, -0.05) is 26.0 Å². The summed E-state index contributed by atoms with van der Waals surface area (Å²) >= 11 is 0. The molecule has 144 valence electrons. The van der Waals surface area contributed by atoms with Crippen LogP contribution in [-0.2, 0) is 16.6 Å². The summed E-state index contributed by atoms with van der Waals surface area (Å²) < 4.78 is 26.8. The van der Waals surface area contributed by atoms with Crippen molar-refractivity contribution in [2.75, 3.05) is 6.54 Å². The first-order valence-corrected chi connectivity index (χ1v) is 9.73. The number of sulfonamides is 1. The number of rotatable bonds is 8. The first kappa shape index (κ1) is 20.5. The number of nitrogens with one attached hydrogen (secondary N) is 2. The van der Waals surface area contributed by atoms with E-state index in [0.29, 0.717) is 12.1 Å². The van der Waals surface area contributed by atoms with Crippen molar-refractivity contribution in [2.45, 2.75) is 25.3 Å². The Morgan fingerprint density at radius 2 is 1.81 bits per heavy atom. The maximum atomic E-state index is 12.1. The smallest absolute Gasteiger partial charge is 0.335 e. The number of carbonyl (C=O) groups is 2. The summed E-state index contributed by atoms with van der Waals surface area (Å²) in [7, 11) is -3.56. The minimum atomic E-state index is -3.56. The van der Waals surface area contributed by atoms with E-state index in [0.717, 1.165) is 0 Å². The molecule has 1 aromatic heterocycles. The molecule has 2 rings (SSSR count). The zero-order valence-corrected chi connectivity index (χ0v) is 15.8. The molecule has 1 amide bonds. The van der Waals surface area contributed by atoms with E-state index in [1.54, 1.807) is 12.1 Å². The molecule has 0 fully saturated rings. The Hall–Kier alpha value is -2.78. The van der Waals surface area contributed by atoms with Crippen molar-refractivity contribution in [1.29, 1.82) is 0 Å². The van der Waals surface area contributed by atoms with E-state index in [2.05, 4.69) is 15.0 Å². The predicted molar refractivity (Wildman–Crippen MR) is 98.8 cm³/mol. The zero-order valence-electron chi connectivity index (χ0n) is 15.0. The van der Waals surface area contributed by atoms with Crippen LogP contribution < -0.4 is 10.0 Å². The van der Waals surface area contributed by atoms with Crippen molar-refractivity contribution < 1.29 is 23.1 Å². The largest absolute Gasteiger partial charge is 0.478 e. The van der Waals surface area contributed by atoms with Crippen LogP contribution in [0, 0.1) is 5.92 Å². The van der Waals surface area contributed by atoms with Gasteiger partial charge in [-0.2, -0.15) is 0 Å². The molecular weight excluding hydrogens is 370 g/mol.